The Morgan fingerprint density at radius 3 is 1.73 bits per heavy atom. The van der Waals surface area contributed by atoms with Crippen LogP contribution < -0.4 is 0 Å². The Bertz CT molecular complexity index is 2840. The minimum Gasteiger partial charge on any atom is -0.247 e. The molecule has 49 heavy (non-hydrogen) atoms. The molecule has 0 saturated carbocycles. The SMILES string of the molecule is c1ccc(-c2nc3ccccc3c3cc(-c4ccc(-c5ccc(-c6nc7ccccc7c7c6ccc6ccccc67)cc5)cc4)nn23)cc1. The minimum atomic E-state index is 0.833. The maximum absolute atomic E-state index is 5.18. The van der Waals surface area contributed by atoms with Gasteiger partial charge in [-0.15, -0.1) is 0 Å². The second-order valence-electron chi connectivity index (χ2n) is 12.5. The number of para-hydroxylation sites is 2. The molecule has 228 valence electrons. The summed E-state index contributed by atoms with van der Waals surface area (Å²) in [6.07, 6.45) is 0. The highest BCUT2D eigenvalue weighted by Crippen LogP contribution is 2.38. The number of pyridine rings is 1. The maximum Gasteiger partial charge on any atom is 0.161 e. The smallest absolute Gasteiger partial charge is 0.161 e. The molecule has 4 heteroatoms. The third kappa shape index (κ3) is 4.49. The average Bonchev–Trinajstić information content (AvgIpc) is 3.64. The molecule has 0 bridgehead atoms. The van der Waals surface area contributed by atoms with Crippen LogP contribution in [0.1, 0.15) is 0 Å². The molecule has 0 fully saturated rings. The van der Waals surface area contributed by atoms with E-state index in [1.165, 1.54) is 26.9 Å². The van der Waals surface area contributed by atoms with Gasteiger partial charge in [0.25, 0.3) is 0 Å². The first-order valence-corrected chi connectivity index (χ1v) is 16.5. The Morgan fingerprint density at radius 2 is 0.980 bits per heavy atom. The molecule has 7 aromatic carbocycles. The zero-order valence-corrected chi connectivity index (χ0v) is 26.5. The Morgan fingerprint density at radius 1 is 0.388 bits per heavy atom. The van der Waals surface area contributed by atoms with E-state index in [0.717, 1.165) is 67.0 Å². The lowest BCUT2D eigenvalue weighted by molar-refractivity contribution is 0.949. The fraction of sp³-hybridized carbons (Fsp3) is 0. The van der Waals surface area contributed by atoms with Gasteiger partial charge in [0.2, 0.25) is 0 Å². The Hall–Kier alpha value is -6.65. The lowest BCUT2D eigenvalue weighted by Gasteiger charge is -2.13. The van der Waals surface area contributed by atoms with Gasteiger partial charge < -0.3 is 0 Å². The van der Waals surface area contributed by atoms with Gasteiger partial charge in [0, 0.05) is 38.2 Å². The largest absolute Gasteiger partial charge is 0.247 e. The van der Waals surface area contributed by atoms with Crippen molar-refractivity contribution < 1.29 is 0 Å². The van der Waals surface area contributed by atoms with Gasteiger partial charge in [-0.3, -0.25) is 0 Å². The van der Waals surface area contributed by atoms with Crippen molar-refractivity contribution in [2.45, 2.75) is 0 Å². The zero-order chi connectivity index (χ0) is 32.3. The standard InChI is InChI=1S/C45H28N4/c1-2-11-34(12-3-1)45-47-39-16-8-6-14-36(39)42-28-41(48-49(42)45)32-22-18-29(19-23-32)30-20-24-33(25-21-30)44-38-27-26-31-10-4-5-13-35(31)43(38)37-15-7-9-17-40(37)46-44/h1-28H. The molecule has 10 rings (SSSR count). The van der Waals surface area contributed by atoms with Gasteiger partial charge in [0.05, 0.1) is 27.9 Å². The summed E-state index contributed by atoms with van der Waals surface area (Å²) in [4.78, 5) is 10.2. The van der Waals surface area contributed by atoms with Crippen molar-refractivity contribution in [1.29, 1.82) is 0 Å². The maximum atomic E-state index is 5.18. The van der Waals surface area contributed by atoms with Crippen molar-refractivity contribution in [1.82, 2.24) is 19.6 Å². The van der Waals surface area contributed by atoms with Crippen molar-refractivity contribution >= 4 is 48.9 Å². The van der Waals surface area contributed by atoms with E-state index in [9.17, 15) is 0 Å². The van der Waals surface area contributed by atoms with Crippen LogP contribution in [0.15, 0.2) is 170 Å². The fourth-order valence-corrected chi connectivity index (χ4v) is 7.20. The molecule has 0 saturated heterocycles. The molecule has 0 atom stereocenters. The molecule has 0 aliphatic heterocycles. The number of fused-ring (bicyclic) bond motifs is 8. The first-order valence-electron chi connectivity index (χ1n) is 16.5. The molecular formula is C45H28N4. The van der Waals surface area contributed by atoms with Gasteiger partial charge in [0.15, 0.2) is 5.82 Å². The van der Waals surface area contributed by atoms with Crippen molar-refractivity contribution in [3.8, 4) is 45.0 Å². The van der Waals surface area contributed by atoms with Crippen LogP contribution in [0.4, 0.5) is 0 Å². The lowest BCUT2D eigenvalue weighted by atomic mass is 9.94. The summed E-state index contributed by atoms with van der Waals surface area (Å²) in [6.45, 7) is 0. The summed E-state index contributed by atoms with van der Waals surface area (Å²) in [5.74, 6) is 0.833. The quantitative estimate of drug-likeness (QED) is 0.183. The summed E-state index contributed by atoms with van der Waals surface area (Å²) in [5.41, 5.74) is 10.4. The van der Waals surface area contributed by atoms with Crippen LogP contribution >= 0.6 is 0 Å². The molecule has 0 radical (unpaired) electrons. The summed E-state index contributed by atoms with van der Waals surface area (Å²) < 4.78 is 1.98. The first-order chi connectivity index (χ1) is 24.3. The van der Waals surface area contributed by atoms with Crippen molar-refractivity contribution in [3.63, 3.8) is 0 Å². The second-order valence-corrected chi connectivity index (χ2v) is 12.5. The van der Waals surface area contributed by atoms with Crippen LogP contribution in [0.3, 0.4) is 0 Å². The van der Waals surface area contributed by atoms with Gasteiger partial charge in [-0.05, 0) is 40.1 Å². The summed E-state index contributed by atoms with van der Waals surface area (Å²) >= 11 is 0. The van der Waals surface area contributed by atoms with Crippen molar-refractivity contribution in [2.75, 3.05) is 0 Å². The van der Waals surface area contributed by atoms with E-state index in [4.69, 9.17) is 15.1 Å². The Labute approximate surface area is 282 Å². The number of nitrogens with zero attached hydrogens (tertiary/aromatic N) is 4. The van der Waals surface area contributed by atoms with E-state index < -0.39 is 0 Å². The number of benzene rings is 7. The highest BCUT2D eigenvalue weighted by molar-refractivity contribution is 6.22. The predicted molar refractivity (Wildman–Crippen MR) is 203 cm³/mol. The molecule has 0 spiro atoms. The van der Waals surface area contributed by atoms with E-state index in [1.54, 1.807) is 0 Å². The van der Waals surface area contributed by atoms with Crippen LogP contribution in [0, 0.1) is 0 Å². The van der Waals surface area contributed by atoms with Gasteiger partial charge >= 0.3 is 0 Å². The van der Waals surface area contributed by atoms with E-state index in [0.29, 0.717) is 0 Å². The third-order valence-electron chi connectivity index (χ3n) is 9.61. The second kappa shape index (κ2) is 11.0. The zero-order valence-electron chi connectivity index (χ0n) is 26.5. The van der Waals surface area contributed by atoms with Crippen LogP contribution in [0.25, 0.3) is 93.9 Å². The highest BCUT2D eigenvalue weighted by Gasteiger charge is 2.16. The summed E-state index contributed by atoms with van der Waals surface area (Å²) in [5, 5.41) is 12.2. The molecule has 0 unspecified atom stereocenters. The van der Waals surface area contributed by atoms with Crippen LogP contribution in [-0.4, -0.2) is 19.6 Å². The number of rotatable bonds is 4. The van der Waals surface area contributed by atoms with E-state index in [-0.39, 0.29) is 0 Å². The van der Waals surface area contributed by atoms with Gasteiger partial charge in [-0.1, -0.05) is 152 Å². The van der Waals surface area contributed by atoms with Crippen LogP contribution in [0.5, 0.6) is 0 Å². The lowest BCUT2D eigenvalue weighted by Crippen LogP contribution is -1.99. The summed E-state index contributed by atoms with van der Waals surface area (Å²) in [6, 6.07) is 59.7. The van der Waals surface area contributed by atoms with Gasteiger partial charge in [-0.2, -0.15) is 5.10 Å². The van der Waals surface area contributed by atoms with Crippen LogP contribution in [-0.2, 0) is 0 Å². The topological polar surface area (TPSA) is 43.1 Å². The fourth-order valence-electron chi connectivity index (χ4n) is 7.20. The Balaban J connectivity index is 1.03. The highest BCUT2D eigenvalue weighted by atomic mass is 15.3. The molecule has 3 heterocycles. The average molecular weight is 625 g/mol. The first kappa shape index (κ1) is 27.5. The van der Waals surface area contributed by atoms with E-state index in [2.05, 4.69) is 146 Å². The van der Waals surface area contributed by atoms with E-state index >= 15 is 0 Å². The number of aromatic nitrogens is 4. The third-order valence-corrected chi connectivity index (χ3v) is 9.61. The van der Waals surface area contributed by atoms with Crippen molar-refractivity contribution in [3.05, 3.63) is 170 Å². The molecule has 0 aliphatic rings. The predicted octanol–water partition coefficient (Wildman–Crippen LogP) is 11.4. The summed E-state index contributed by atoms with van der Waals surface area (Å²) in [7, 11) is 0. The molecule has 10 aromatic rings. The molecule has 3 aromatic heterocycles. The monoisotopic (exact) mass is 624 g/mol. The normalized spacial score (nSPS) is 11.7. The molecule has 0 N–H and O–H groups in total. The van der Waals surface area contributed by atoms with Gasteiger partial charge in [0.1, 0.15) is 0 Å². The minimum absolute atomic E-state index is 0.833. The Kier molecular flexibility index (Phi) is 6.15. The number of hydrogen-bond donors (Lipinski definition) is 0. The van der Waals surface area contributed by atoms with Gasteiger partial charge in [-0.25, -0.2) is 14.5 Å². The number of hydrogen-bond acceptors (Lipinski definition) is 3. The van der Waals surface area contributed by atoms with Crippen molar-refractivity contribution in [2.24, 2.45) is 0 Å². The molecule has 4 nitrogen and oxygen atoms in total. The van der Waals surface area contributed by atoms with Crippen LogP contribution in [0.2, 0.25) is 0 Å². The molecule has 0 amide bonds. The molecule has 0 aliphatic carbocycles. The molecular weight excluding hydrogens is 597 g/mol. The van der Waals surface area contributed by atoms with E-state index in [1.807, 2.05) is 28.8 Å².